The van der Waals surface area contributed by atoms with Crippen molar-refractivity contribution in [3.05, 3.63) is 16.1 Å². The molecule has 2 heterocycles. The Morgan fingerprint density at radius 3 is 3.13 bits per heavy atom. The summed E-state index contributed by atoms with van der Waals surface area (Å²) in [4.78, 5) is 18.2. The Morgan fingerprint density at radius 1 is 1.73 bits per heavy atom. The molecule has 82 valence electrons. The highest BCUT2D eigenvalue weighted by Gasteiger charge is 2.25. The van der Waals surface area contributed by atoms with Gasteiger partial charge in [-0.2, -0.15) is 0 Å². The van der Waals surface area contributed by atoms with E-state index in [0.29, 0.717) is 5.69 Å². The van der Waals surface area contributed by atoms with Crippen LogP contribution in [0.25, 0.3) is 0 Å². The summed E-state index contributed by atoms with van der Waals surface area (Å²) < 4.78 is 0. The summed E-state index contributed by atoms with van der Waals surface area (Å²) in [6.45, 7) is 6.50. The summed E-state index contributed by atoms with van der Waals surface area (Å²) >= 11 is 1.52. The lowest BCUT2D eigenvalue weighted by Gasteiger charge is -2.33. The summed E-state index contributed by atoms with van der Waals surface area (Å²) in [7, 11) is 0. The first-order valence-corrected chi connectivity index (χ1v) is 6.00. The van der Waals surface area contributed by atoms with Crippen LogP contribution in [0.1, 0.15) is 22.4 Å². The van der Waals surface area contributed by atoms with Gasteiger partial charge in [-0.25, -0.2) is 4.98 Å². The van der Waals surface area contributed by atoms with Crippen molar-refractivity contribution in [2.45, 2.75) is 19.9 Å². The monoisotopic (exact) mass is 225 g/mol. The second-order valence-corrected chi connectivity index (χ2v) is 4.87. The maximum atomic E-state index is 12.1. The molecule has 5 heteroatoms. The van der Waals surface area contributed by atoms with E-state index in [9.17, 15) is 4.79 Å². The number of carbonyl (C=O) groups is 1. The molecule has 0 radical (unpaired) electrons. The van der Waals surface area contributed by atoms with Gasteiger partial charge in [-0.3, -0.25) is 4.79 Å². The van der Waals surface area contributed by atoms with Crippen LogP contribution < -0.4 is 5.32 Å². The van der Waals surface area contributed by atoms with Gasteiger partial charge in [0.1, 0.15) is 5.69 Å². The first kappa shape index (κ1) is 10.6. The van der Waals surface area contributed by atoms with Crippen LogP contribution in [0.5, 0.6) is 0 Å². The Bertz CT molecular complexity index is 363. The number of rotatable bonds is 1. The van der Waals surface area contributed by atoms with Crippen LogP contribution in [-0.2, 0) is 0 Å². The fourth-order valence-electron chi connectivity index (χ4n) is 1.75. The van der Waals surface area contributed by atoms with Crippen molar-refractivity contribution in [1.29, 1.82) is 0 Å². The minimum atomic E-state index is 0.0633. The molecule has 1 N–H and O–H groups in total. The summed E-state index contributed by atoms with van der Waals surface area (Å²) in [5, 5.41) is 6.05. The number of piperazine rings is 1. The fraction of sp³-hybridized carbons (Fsp3) is 0.600. The lowest BCUT2D eigenvalue weighted by atomic mass is 10.2. The minimum absolute atomic E-state index is 0.0633. The number of nitrogens with zero attached hydrogens (tertiary/aromatic N) is 2. The first-order valence-electron chi connectivity index (χ1n) is 5.12. The van der Waals surface area contributed by atoms with Crippen molar-refractivity contribution in [3.8, 4) is 0 Å². The predicted molar refractivity (Wildman–Crippen MR) is 60.2 cm³/mol. The number of hydrogen-bond acceptors (Lipinski definition) is 4. The van der Waals surface area contributed by atoms with Crippen LogP contribution in [0.3, 0.4) is 0 Å². The molecule has 1 amide bonds. The maximum Gasteiger partial charge on any atom is 0.273 e. The van der Waals surface area contributed by atoms with E-state index < -0.39 is 0 Å². The van der Waals surface area contributed by atoms with Gasteiger partial charge in [-0.15, -0.1) is 11.3 Å². The number of amides is 1. The number of carbonyl (C=O) groups excluding carboxylic acids is 1. The maximum absolute atomic E-state index is 12.1. The topological polar surface area (TPSA) is 45.2 Å². The van der Waals surface area contributed by atoms with Crippen molar-refractivity contribution in [2.75, 3.05) is 19.6 Å². The van der Waals surface area contributed by atoms with Gasteiger partial charge < -0.3 is 10.2 Å². The molecule has 0 spiro atoms. The summed E-state index contributed by atoms with van der Waals surface area (Å²) in [6.07, 6.45) is 0. The van der Waals surface area contributed by atoms with Gasteiger partial charge in [0.25, 0.3) is 5.91 Å². The number of thiazole rings is 1. The van der Waals surface area contributed by atoms with Crippen LogP contribution in [-0.4, -0.2) is 41.5 Å². The first-order chi connectivity index (χ1) is 7.18. The molecule has 4 nitrogen and oxygen atoms in total. The van der Waals surface area contributed by atoms with Crippen LogP contribution in [0.4, 0.5) is 0 Å². The van der Waals surface area contributed by atoms with Gasteiger partial charge in [0.05, 0.1) is 5.01 Å². The van der Waals surface area contributed by atoms with Gasteiger partial charge in [0.2, 0.25) is 0 Å². The zero-order valence-corrected chi connectivity index (χ0v) is 9.80. The molecule has 1 atom stereocenters. The molecule has 0 aliphatic carbocycles. The van der Waals surface area contributed by atoms with Crippen molar-refractivity contribution >= 4 is 17.2 Å². The average Bonchev–Trinajstić information content (AvgIpc) is 2.65. The Kier molecular flexibility index (Phi) is 3.02. The SMILES string of the molecule is Cc1nc(C(=O)N2CCNC[C@H]2C)cs1. The van der Waals surface area contributed by atoms with Gasteiger partial charge in [0, 0.05) is 31.1 Å². The van der Waals surface area contributed by atoms with Crippen LogP contribution >= 0.6 is 11.3 Å². The molecular weight excluding hydrogens is 210 g/mol. The van der Waals surface area contributed by atoms with Gasteiger partial charge in [-0.1, -0.05) is 0 Å². The van der Waals surface area contributed by atoms with E-state index in [4.69, 9.17) is 0 Å². The third kappa shape index (κ3) is 2.18. The van der Waals surface area contributed by atoms with Gasteiger partial charge >= 0.3 is 0 Å². The fourth-order valence-corrected chi connectivity index (χ4v) is 2.34. The second-order valence-electron chi connectivity index (χ2n) is 3.80. The third-order valence-electron chi connectivity index (χ3n) is 2.60. The molecule has 15 heavy (non-hydrogen) atoms. The molecule has 0 aromatic carbocycles. The normalized spacial score (nSPS) is 21.7. The van der Waals surface area contributed by atoms with E-state index in [2.05, 4.69) is 17.2 Å². The molecule has 0 bridgehead atoms. The molecule has 1 aliphatic rings. The zero-order chi connectivity index (χ0) is 10.8. The molecule has 0 unspecified atom stereocenters. The van der Waals surface area contributed by atoms with Crippen molar-refractivity contribution < 1.29 is 4.79 Å². The van der Waals surface area contributed by atoms with E-state index >= 15 is 0 Å². The highest BCUT2D eigenvalue weighted by atomic mass is 32.1. The third-order valence-corrected chi connectivity index (χ3v) is 3.37. The smallest absolute Gasteiger partial charge is 0.273 e. The standard InChI is InChI=1S/C10H15N3OS/c1-7-5-11-3-4-13(7)10(14)9-6-15-8(2)12-9/h6-7,11H,3-5H2,1-2H3/t7-/m1/s1. The Morgan fingerprint density at radius 2 is 2.53 bits per heavy atom. The van der Waals surface area contributed by atoms with Crippen LogP contribution in [0.2, 0.25) is 0 Å². The largest absolute Gasteiger partial charge is 0.332 e. The van der Waals surface area contributed by atoms with E-state index in [-0.39, 0.29) is 11.9 Å². The lowest BCUT2D eigenvalue weighted by molar-refractivity contribution is 0.0650. The van der Waals surface area contributed by atoms with E-state index in [1.165, 1.54) is 11.3 Å². The number of aryl methyl sites for hydroxylation is 1. The van der Waals surface area contributed by atoms with E-state index in [1.54, 1.807) is 0 Å². The quantitative estimate of drug-likeness (QED) is 0.772. The molecule has 1 aromatic rings. The van der Waals surface area contributed by atoms with Crippen LogP contribution in [0.15, 0.2) is 5.38 Å². The number of hydrogen-bond donors (Lipinski definition) is 1. The minimum Gasteiger partial charge on any atom is -0.332 e. The summed E-state index contributed by atoms with van der Waals surface area (Å²) in [6, 6.07) is 0.258. The molecular formula is C10H15N3OS. The van der Waals surface area contributed by atoms with Gasteiger partial charge in [-0.05, 0) is 13.8 Å². The van der Waals surface area contributed by atoms with Crippen LogP contribution in [0, 0.1) is 6.92 Å². The summed E-state index contributed by atoms with van der Waals surface area (Å²) in [5.41, 5.74) is 0.589. The summed E-state index contributed by atoms with van der Waals surface area (Å²) in [5.74, 6) is 0.0633. The predicted octanol–water partition coefficient (Wildman–Crippen LogP) is 0.885. The molecule has 1 saturated heterocycles. The molecule has 2 rings (SSSR count). The molecule has 0 saturated carbocycles. The Hall–Kier alpha value is -0.940. The average molecular weight is 225 g/mol. The van der Waals surface area contributed by atoms with E-state index in [0.717, 1.165) is 24.6 Å². The van der Waals surface area contributed by atoms with Crippen molar-refractivity contribution in [2.24, 2.45) is 0 Å². The lowest BCUT2D eigenvalue weighted by Crippen LogP contribution is -2.52. The Labute approximate surface area is 93.3 Å². The van der Waals surface area contributed by atoms with Crippen molar-refractivity contribution in [1.82, 2.24) is 15.2 Å². The molecule has 1 aromatic heterocycles. The second kappa shape index (κ2) is 4.28. The van der Waals surface area contributed by atoms with E-state index in [1.807, 2.05) is 17.2 Å². The Balaban J connectivity index is 2.13. The van der Waals surface area contributed by atoms with Crippen molar-refractivity contribution in [3.63, 3.8) is 0 Å². The molecule has 1 fully saturated rings. The highest BCUT2D eigenvalue weighted by molar-refractivity contribution is 7.09. The molecule has 1 aliphatic heterocycles. The number of aromatic nitrogens is 1. The highest BCUT2D eigenvalue weighted by Crippen LogP contribution is 2.13. The zero-order valence-electron chi connectivity index (χ0n) is 8.99. The van der Waals surface area contributed by atoms with Gasteiger partial charge in [0.15, 0.2) is 0 Å². The number of nitrogens with one attached hydrogen (secondary N) is 1.